The van der Waals surface area contributed by atoms with Gasteiger partial charge in [0.15, 0.2) is 5.82 Å². The molecular weight excluding hydrogens is 267 g/mol. The topological polar surface area (TPSA) is 36.4 Å². The monoisotopic (exact) mass is 280 g/mol. The molecule has 2 rings (SSSR count). The van der Waals surface area contributed by atoms with Crippen LogP contribution in [0.15, 0.2) is 36.5 Å². The van der Waals surface area contributed by atoms with Crippen molar-refractivity contribution in [2.45, 2.75) is 13.5 Å². The lowest BCUT2D eigenvalue weighted by molar-refractivity contribution is 0.281. The largest absolute Gasteiger partial charge is 0.392 e. The number of aliphatic hydroxyl groups is 1. The molecule has 0 saturated carbocycles. The number of aliphatic hydroxyl groups excluding tert-OH is 1. The smallest absolute Gasteiger partial charge is 0.151 e. The molecular formula is C14H14ClFN2O. The third-order valence-corrected chi connectivity index (χ3v) is 3.03. The minimum atomic E-state index is -0.306. The molecule has 0 aliphatic rings. The van der Waals surface area contributed by atoms with E-state index in [1.807, 2.05) is 11.8 Å². The summed E-state index contributed by atoms with van der Waals surface area (Å²) in [4.78, 5) is 6.05. The fraction of sp³-hybridized carbons (Fsp3) is 0.214. The molecule has 0 bridgehead atoms. The normalized spacial score (nSPS) is 10.5. The van der Waals surface area contributed by atoms with Crippen LogP contribution in [0.2, 0.25) is 5.02 Å². The summed E-state index contributed by atoms with van der Waals surface area (Å²) >= 11 is 6.16. The first-order valence-corrected chi connectivity index (χ1v) is 6.32. The molecule has 1 heterocycles. The maximum atomic E-state index is 13.3. The van der Waals surface area contributed by atoms with Crippen molar-refractivity contribution in [3.8, 4) is 0 Å². The number of hydrogen-bond acceptors (Lipinski definition) is 3. The Hall–Kier alpha value is -1.65. The lowest BCUT2D eigenvalue weighted by atomic mass is 10.2. The maximum absolute atomic E-state index is 13.3. The SMILES string of the molecule is CCN(c1cccc(F)c1)c1ncc(CO)cc1Cl. The van der Waals surface area contributed by atoms with Crippen LogP contribution in [0.5, 0.6) is 0 Å². The molecule has 0 unspecified atom stereocenters. The minimum Gasteiger partial charge on any atom is -0.392 e. The molecule has 1 aromatic heterocycles. The van der Waals surface area contributed by atoms with Crippen molar-refractivity contribution in [3.63, 3.8) is 0 Å². The predicted molar refractivity (Wildman–Crippen MR) is 74.2 cm³/mol. The summed E-state index contributed by atoms with van der Waals surface area (Å²) in [5, 5.41) is 9.47. The highest BCUT2D eigenvalue weighted by Gasteiger charge is 2.13. The molecule has 0 amide bonds. The van der Waals surface area contributed by atoms with Crippen LogP contribution in [0, 0.1) is 5.82 Å². The van der Waals surface area contributed by atoms with Gasteiger partial charge < -0.3 is 10.0 Å². The Morgan fingerprint density at radius 2 is 2.16 bits per heavy atom. The molecule has 2 aromatic rings. The highest BCUT2D eigenvalue weighted by molar-refractivity contribution is 6.33. The maximum Gasteiger partial charge on any atom is 0.151 e. The molecule has 0 aliphatic carbocycles. The fourth-order valence-electron chi connectivity index (χ4n) is 1.85. The van der Waals surface area contributed by atoms with Crippen LogP contribution in [0.4, 0.5) is 15.9 Å². The highest BCUT2D eigenvalue weighted by Crippen LogP contribution is 2.30. The van der Waals surface area contributed by atoms with Crippen LogP contribution in [-0.4, -0.2) is 16.6 Å². The van der Waals surface area contributed by atoms with Crippen LogP contribution in [-0.2, 0) is 6.61 Å². The number of anilines is 2. The molecule has 19 heavy (non-hydrogen) atoms. The van der Waals surface area contributed by atoms with Crippen molar-refractivity contribution in [2.75, 3.05) is 11.4 Å². The summed E-state index contributed by atoms with van der Waals surface area (Å²) in [6.45, 7) is 2.43. The Morgan fingerprint density at radius 3 is 2.74 bits per heavy atom. The van der Waals surface area contributed by atoms with Crippen molar-refractivity contribution in [2.24, 2.45) is 0 Å². The van der Waals surface area contributed by atoms with E-state index in [-0.39, 0.29) is 12.4 Å². The zero-order valence-corrected chi connectivity index (χ0v) is 11.2. The van der Waals surface area contributed by atoms with E-state index in [9.17, 15) is 4.39 Å². The van der Waals surface area contributed by atoms with E-state index in [1.165, 1.54) is 12.1 Å². The number of nitrogens with zero attached hydrogens (tertiary/aromatic N) is 2. The molecule has 100 valence electrons. The van der Waals surface area contributed by atoms with E-state index >= 15 is 0 Å². The van der Waals surface area contributed by atoms with Crippen molar-refractivity contribution < 1.29 is 9.50 Å². The predicted octanol–water partition coefficient (Wildman–Crippen LogP) is 3.52. The van der Waals surface area contributed by atoms with Gasteiger partial charge in [0, 0.05) is 18.4 Å². The molecule has 1 aromatic carbocycles. The lowest BCUT2D eigenvalue weighted by Gasteiger charge is -2.23. The van der Waals surface area contributed by atoms with Gasteiger partial charge in [-0.3, -0.25) is 0 Å². The van der Waals surface area contributed by atoms with Gasteiger partial charge in [-0.15, -0.1) is 0 Å². The van der Waals surface area contributed by atoms with E-state index < -0.39 is 0 Å². The standard InChI is InChI=1S/C14H14ClFN2O/c1-2-18(12-5-3-4-11(16)7-12)14-13(15)6-10(9-19)8-17-14/h3-8,19H,2,9H2,1H3. The number of rotatable bonds is 4. The second-order valence-electron chi connectivity index (χ2n) is 4.03. The van der Waals surface area contributed by atoms with E-state index in [4.69, 9.17) is 16.7 Å². The van der Waals surface area contributed by atoms with E-state index in [0.29, 0.717) is 28.6 Å². The number of benzene rings is 1. The van der Waals surface area contributed by atoms with Crippen molar-refractivity contribution in [1.82, 2.24) is 4.98 Å². The molecule has 1 N–H and O–H groups in total. The van der Waals surface area contributed by atoms with Crippen LogP contribution in [0.3, 0.4) is 0 Å². The molecule has 0 radical (unpaired) electrons. The van der Waals surface area contributed by atoms with Crippen LogP contribution >= 0.6 is 11.6 Å². The average Bonchev–Trinajstić information content (AvgIpc) is 2.41. The number of halogens is 2. The number of hydrogen-bond donors (Lipinski definition) is 1. The van der Waals surface area contributed by atoms with E-state index in [2.05, 4.69) is 4.98 Å². The number of aromatic nitrogens is 1. The summed E-state index contributed by atoms with van der Waals surface area (Å²) in [7, 11) is 0. The second kappa shape index (κ2) is 5.99. The first-order chi connectivity index (χ1) is 9.15. The van der Waals surface area contributed by atoms with Gasteiger partial charge in [-0.25, -0.2) is 9.37 Å². The molecule has 0 aliphatic heterocycles. The van der Waals surface area contributed by atoms with Crippen LogP contribution in [0.1, 0.15) is 12.5 Å². The molecule has 0 atom stereocenters. The third kappa shape index (κ3) is 3.03. The summed E-state index contributed by atoms with van der Waals surface area (Å²) in [6.07, 6.45) is 1.56. The molecule has 5 heteroatoms. The Bertz CT molecular complexity index is 577. The van der Waals surface area contributed by atoms with E-state index in [0.717, 1.165) is 0 Å². The third-order valence-electron chi connectivity index (χ3n) is 2.75. The Labute approximate surface area is 116 Å². The molecule has 0 saturated heterocycles. The summed E-state index contributed by atoms with van der Waals surface area (Å²) < 4.78 is 13.3. The minimum absolute atomic E-state index is 0.112. The fourth-order valence-corrected chi connectivity index (χ4v) is 2.14. The zero-order valence-electron chi connectivity index (χ0n) is 10.5. The Morgan fingerprint density at radius 1 is 1.37 bits per heavy atom. The second-order valence-corrected chi connectivity index (χ2v) is 4.44. The van der Waals surface area contributed by atoms with Crippen molar-refractivity contribution in [1.29, 1.82) is 0 Å². The Kier molecular flexibility index (Phi) is 4.35. The van der Waals surface area contributed by atoms with Crippen molar-refractivity contribution >= 4 is 23.1 Å². The van der Waals surface area contributed by atoms with Gasteiger partial charge in [0.25, 0.3) is 0 Å². The van der Waals surface area contributed by atoms with Crippen LogP contribution < -0.4 is 4.90 Å². The zero-order chi connectivity index (χ0) is 13.8. The summed E-state index contributed by atoms with van der Waals surface area (Å²) in [6, 6.07) is 7.92. The van der Waals surface area contributed by atoms with Crippen LogP contribution in [0.25, 0.3) is 0 Å². The first-order valence-electron chi connectivity index (χ1n) is 5.94. The van der Waals surface area contributed by atoms with Gasteiger partial charge >= 0.3 is 0 Å². The number of pyridine rings is 1. The van der Waals surface area contributed by atoms with Gasteiger partial charge in [-0.1, -0.05) is 17.7 Å². The lowest BCUT2D eigenvalue weighted by Crippen LogP contribution is -2.18. The van der Waals surface area contributed by atoms with Gasteiger partial charge in [-0.2, -0.15) is 0 Å². The molecule has 0 fully saturated rings. The molecule has 0 spiro atoms. The first kappa shape index (κ1) is 13.8. The summed E-state index contributed by atoms with van der Waals surface area (Å²) in [5.74, 6) is 0.242. The summed E-state index contributed by atoms with van der Waals surface area (Å²) in [5.41, 5.74) is 1.33. The molecule has 3 nitrogen and oxygen atoms in total. The quantitative estimate of drug-likeness (QED) is 0.931. The van der Waals surface area contributed by atoms with Gasteiger partial charge in [0.1, 0.15) is 5.82 Å². The highest BCUT2D eigenvalue weighted by atomic mass is 35.5. The average molecular weight is 281 g/mol. The van der Waals surface area contributed by atoms with E-state index in [1.54, 1.807) is 24.4 Å². The van der Waals surface area contributed by atoms with Crippen molar-refractivity contribution in [3.05, 3.63) is 52.9 Å². The van der Waals surface area contributed by atoms with Gasteiger partial charge in [0.2, 0.25) is 0 Å². The Balaban J connectivity index is 2.42. The van der Waals surface area contributed by atoms with Gasteiger partial charge in [-0.05, 0) is 36.8 Å². The van der Waals surface area contributed by atoms with Gasteiger partial charge in [0.05, 0.1) is 11.6 Å².